The van der Waals surface area contributed by atoms with Gasteiger partial charge in [-0.1, -0.05) is 0 Å². The van der Waals surface area contributed by atoms with Crippen molar-refractivity contribution in [3.05, 3.63) is 18.6 Å². The number of amides is 2. The van der Waals surface area contributed by atoms with E-state index in [1.165, 1.54) is 7.11 Å². The molecule has 1 saturated heterocycles. The Labute approximate surface area is 171 Å². The van der Waals surface area contributed by atoms with Crippen LogP contribution in [0, 0.1) is 11.8 Å². The standard InChI is InChI=1S/C18H22N8O2S/c1-25(15-13-3-4-19-14(13)20-9-21-15)12-5-10-7-26(8-11(10)6-12)18(27)23-17-22-16(28-2)24-29-17/h3-4,9-12H,5-8H2,1-2H3,(H,19,20,21)(H,22,23,24,27)/t10-,11?,12+/m1/s1. The number of anilines is 2. The molecule has 0 radical (unpaired) electrons. The maximum Gasteiger partial charge on any atom is 0.329 e. The Balaban J connectivity index is 1.21. The lowest BCUT2D eigenvalue weighted by atomic mass is 10.0. The van der Waals surface area contributed by atoms with Crippen molar-refractivity contribution >= 4 is 39.5 Å². The number of carbonyl (C=O) groups excluding carboxylic acids is 1. The van der Waals surface area contributed by atoms with Crippen LogP contribution >= 0.6 is 11.5 Å². The molecule has 2 fully saturated rings. The van der Waals surface area contributed by atoms with E-state index >= 15 is 0 Å². The van der Waals surface area contributed by atoms with Crippen molar-refractivity contribution in [2.24, 2.45) is 11.8 Å². The van der Waals surface area contributed by atoms with Gasteiger partial charge < -0.3 is 19.5 Å². The maximum absolute atomic E-state index is 12.6. The van der Waals surface area contributed by atoms with Crippen molar-refractivity contribution in [3.63, 3.8) is 0 Å². The van der Waals surface area contributed by atoms with Gasteiger partial charge in [-0.3, -0.25) is 5.32 Å². The average Bonchev–Trinajstić information content (AvgIpc) is 3.48. The molecule has 2 aliphatic rings. The van der Waals surface area contributed by atoms with Crippen LogP contribution in [0.4, 0.5) is 15.7 Å². The van der Waals surface area contributed by atoms with E-state index in [1.807, 2.05) is 17.2 Å². The number of H-pyrrole nitrogens is 1. The van der Waals surface area contributed by atoms with Gasteiger partial charge in [-0.15, -0.1) is 4.37 Å². The van der Waals surface area contributed by atoms with E-state index in [-0.39, 0.29) is 12.0 Å². The summed E-state index contributed by atoms with van der Waals surface area (Å²) >= 11 is 1.12. The van der Waals surface area contributed by atoms with Gasteiger partial charge in [0.05, 0.1) is 12.5 Å². The molecule has 0 spiro atoms. The van der Waals surface area contributed by atoms with E-state index in [0.29, 0.717) is 23.0 Å². The quantitative estimate of drug-likeness (QED) is 0.673. The number of ether oxygens (including phenoxy) is 1. The zero-order chi connectivity index (χ0) is 20.0. The fourth-order valence-corrected chi connectivity index (χ4v) is 5.11. The lowest BCUT2D eigenvalue weighted by molar-refractivity contribution is 0.218. The topological polar surface area (TPSA) is 112 Å². The summed E-state index contributed by atoms with van der Waals surface area (Å²) in [7, 11) is 3.61. The first-order chi connectivity index (χ1) is 14.1. The van der Waals surface area contributed by atoms with Crippen LogP contribution in [-0.2, 0) is 0 Å². The van der Waals surface area contributed by atoms with Crippen LogP contribution < -0.4 is 15.0 Å². The highest BCUT2D eigenvalue weighted by atomic mass is 32.1. The minimum atomic E-state index is -0.118. The molecule has 0 aromatic carbocycles. The van der Waals surface area contributed by atoms with Crippen LogP contribution in [0.1, 0.15) is 12.8 Å². The van der Waals surface area contributed by atoms with Crippen molar-refractivity contribution in [2.45, 2.75) is 18.9 Å². The first-order valence-corrected chi connectivity index (χ1v) is 10.3. The van der Waals surface area contributed by atoms with Gasteiger partial charge >= 0.3 is 12.0 Å². The van der Waals surface area contributed by atoms with E-state index in [0.717, 1.165) is 54.3 Å². The van der Waals surface area contributed by atoms with Crippen molar-refractivity contribution in [2.75, 3.05) is 37.5 Å². The summed E-state index contributed by atoms with van der Waals surface area (Å²) in [6.45, 7) is 1.53. The van der Waals surface area contributed by atoms with Crippen LogP contribution in [0.15, 0.2) is 18.6 Å². The Hall–Kier alpha value is -2.95. The van der Waals surface area contributed by atoms with Gasteiger partial charge in [0.1, 0.15) is 17.8 Å². The number of fused-ring (bicyclic) bond motifs is 2. The molecule has 11 heteroatoms. The van der Waals surface area contributed by atoms with Crippen molar-refractivity contribution in [1.82, 2.24) is 29.2 Å². The summed E-state index contributed by atoms with van der Waals surface area (Å²) in [6.07, 6.45) is 5.60. The van der Waals surface area contributed by atoms with Crippen molar-refractivity contribution in [1.29, 1.82) is 0 Å². The molecule has 3 atom stereocenters. The number of likely N-dealkylation sites (tertiary alicyclic amines) is 1. The smallest absolute Gasteiger partial charge is 0.329 e. The van der Waals surface area contributed by atoms with Gasteiger partial charge in [-0.2, -0.15) is 4.98 Å². The molecule has 1 aliphatic heterocycles. The number of carbonyl (C=O) groups is 1. The third-order valence-electron chi connectivity index (χ3n) is 6.03. The van der Waals surface area contributed by atoms with Gasteiger partial charge in [-0.25, -0.2) is 14.8 Å². The van der Waals surface area contributed by atoms with E-state index in [2.05, 4.69) is 41.6 Å². The van der Waals surface area contributed by atoms with Crippen LogP contribution in [0.2, 0.25) is 0 Å². The lowest BCUT2D eigenvalue weighted by Gasteiger charge is -2.27. The first-order valence-electron chi connectivity index (χ1n) is 9.57. The second-order valence-electron chi connectivity index (χ2n) is 7.61. The largest absolute Gasteiger partial charge is 0.466 e. The summed E-state index contributed by atoms with van der Waals surface area (Å²) in [5, 5.41) is 4.33. The van der Waals surface area contributed by atoms with Gasteiger partial charge in [0.2, 0.25) is 5.13 Å². The van der Waals surface area contributed by atoms with E-state index in [4.69, 9.17) is 4.74 Å². The molecule has 1 aliphatic carbocycles. The highest BCUT2D eigenvalue weighted by Gasteiger charge is 2.44. The summed E-state index contributed by atoms with van der Waals surface area (Å²) in [5.41, 5.74) is 0.858. The Morgan fingerprint density at radius 1 is 1.34 bits per heavy atom. The second kappa shape index (κ2) is 7.14. The molecule has 1 saturated carbocycles. The van der Waals surface area contributed by atoms with Crippen molar-refractivity contribution < 1.29 is 9.53 Å². The molecule has 152 valence electrons. The minimum Gasteiger partial charge on any atom is -0.466 e. The van der Waals surface area contributed by atoms with Gasteiger partial charge in [0, 0.05) is 43.9 Å². The maximum atomic E-state index is 12.6. The highest BCUT2D eigenvalue weighted by Crippen LogP contribution is 2.41. The Morgan fingerprint density at radius 3 is 2.86 bits per heavy atom. The number of urea groups is 1. The van der Waals surface area contributed by atoms with Crippen LogP contribution in [0.5, 0.6) is 6.01 Å². The normalized spacial score (nSPS) is 23.4. The Bertz CT molecular complexity index is 1020. The number of hydrogen-bond acceptors (Lipinski definition) is 8. The van der Waals surface area contributed by atoms with Crippen molar-refractivity contribution in [3.8, 4) is 6.01 Å². The van der Waals surface area contributed by atoms with Crippen LogP contribution in [-0.4, -0.2) is 68.5 Å². The number of methoxy groups -OCH3 is 1. The molecule has 2 amide bonds. The zero-order valence-electron chi connectivity index (χ0n) is 16.2. The predicted octanol–water partition coefficient (Wildman–Crippen LogP) is 2.20. The molecule has 1 unspecified atom stereocenters. The number of nitrogens with zero attached hydrogens (tertiary/aromatic N) is 6. The minimum absolute atomic E-state index is 0.118. The molecule has 10 nitrogen and oxygen atoms in total. The monoisotopic (exact) mass is 414 g/mol. The lowest BCUT2D eigenvalue weighted by Crippen LogP contribution is -2.36. The van der Waals surface area contributed by atoms with E-state index < -0.39 is 0 Å². The number of rotatable bonds is 4. The Kier molecular flexibility index (Phi) is 4.46. The molecule has 3 aromatic rings. The second-order valence-corrected chi connectivity index (χ2v) is 8.37. The van der Waals surface area contributed by atoms with E-state index in [1.54, 1.807) is 6.33 Å². The van der Waals surface area contributed by atoms with Crippen LogP contribution in [0.3, 0.4) is 0 Å². The molecule has 3 aromatic heterocycles. The predicted molar refractivity (Wildman–Crippen MR) is 109 cm³/mol. The fourth-order valence-electron chi connectivity index (χ4n) is 4.58. The number of aromatic nitrogens is 5. The van der Waals surface area contributed by atoms with Gasteiger partial charge in [-0.05, 0) is 30.7 Å². The highest BCUT2D eigenvalue weighted by molar-refractivity contribution is 7.10. The zero-order valence-corrected chi connectivity index (χ0v) is 17.0. The van der Waals surface area contributed by atoms with E-state index in [9.17, 15) is 4.79 Å². The molecule has 2 N–H and O–H groups in total. The first kappa shape index (κ1) is 18.1. The molecule has 4 heterocycles. The molecule has 29 heavy (non-hydrogen) atoms. The number of hydrogen-bond donors (Lipinski definition) is 2. The number of nitrogens with one attached hydrogen (secondary N) is 2. The average molecular weight is 414 g/mol. The summed E-state index contributed by atoms with van der Waals surface area (Å²) in [4.78, 5) is 32.8. The SMILES string of the molecule is COc1nsc(NC(=O)N2CC3C[C@@H](N(C)c4ncnc5[nH]ccc45)C[C@@H]3C2)n1. The van der Waals surface area contributed by atoms with Gasteiger partial charge in [0.15, 0.2) is 0 Å². The summed E-state index contributed by atoms with van der Waals surface area (Å²) < 4.78 is 8.97. The fraction of sp³-hybridized carbons (Fsp3) is 0.500. The molecular formula is C18H22N8O2S. The summed E-state index contributed by atoms with van der Waals surface area (Å²) in [5.74, 6) is 1.96. The third kappa shape index (κ3) is 3.24. The summed E-state index contributed by atoms with van der Waals surface area (Å²) in [6, 6.07) is 2.59. The van der Waals surface area contributed by atoms with Gasteiger partial charge in [0.25, 0.3) is 0 Å². The third-order valence-corrected chi connectivity index (χ3v) is 6.65. The van der Waals surface area contributed by atoms with Crippen LogP contribution in [0.25, 0.3) is 11.0 Å². The number of aromatic amines is 1. The molecule has 0 bridgehead atoms. The molecular weight excluding hydrogens is 392 g/mol. The molecule has 5 rings (SSSR count). The Morgan fingerprint density at radius 2 is 2.14 bits per heavy atom.